The number of nitrogens with one attached hydrogen (secondary N) is 1. The number of rotatable bonds is 2. The fourth-order valence-electron chi connectivity index (χ4n) is 2.19. The van der Waals surface area contributed by atoms with E-state index in [1.54, 1.807) is 30.1 Å². The van der Waals surface area contributed by atoms with Gasteiger partial charge in [0.25, 0.3) is 5.91 Å². The van der Waals surface area contributed by atoms with Crippen molar-refractivity contribution in [3.05, 3.63) is 42.2 Å². The molecular formula is C13H11F2N3O2S. The summed E-state index contributed by atoms with van der Waals surface area (Å²) in [5.41, 5.74) is 0.289. The van der Waals surface area contributed by atoms with Gasteiger partial charge in [0, 0.05) is 30.6 Å². The molecule has 1 unspecified atom stereocenters. The number of hydrogen-bond donors (Lipinski definition) is 1. The Hall–Kier alpha value is -2.22. The van der Waals surface area contributed by atoms with Gasteiger partial charge in [0.05, 0.1) is 0 Å². The molecule has 0 bridgehead atoms. The van der Waals surface area contributed by atoms with Gasteiger partial charge in [-0.05, 0) is 18.2 Å². The molecule has 1 N–H and O–H groups in total. The smallest absolute Gasteiger partial charge is 0.253 e. The summed E-state index contributed by atoms with van der Waals surface area (Å²) in [4.78, 5) is 11.2. The zero-order valence-electron chi connectivity index (χ0n) is 11.0. The molecular weight excluding hydrogens is 300 g/mol. The molecule has 110 valence electrons. The molecule has 1 amide bonds. The predicted octanol–water partition coefficient (Wildman–Crippen LogP) is 1.49. The van der Waals surface area contributed by atoms with Crippen LogP contribution >= 0.6 is 0 Å². The lowest BCUT2D eigenvalue weighted by Crippen LogP contribution is -2.24. The highest BCUT2D eigenvalue weighted by molar-refractivity contribution is 7.85. The fourth-order valence-corrected chi connectivity index (χ4v) is 3.13. The zero-order chi connectivity index (χ0) is 15.1. The minimum Gasteiger partial charge on any atom is -0.357 e. The molecule has 2 aromatic rings. The molecule has 1 aromatic heterocycles. The molecule has 3 rings (SSSR count). The Kier molecular flexibility index (Phi) is 3.25. The monoisotopic (exact) mass is 311 g/mol. The topological polar surface area (TPSA) is 54.3 Å². The highest BCUT2D eigenvalue weighted by Crippen LogP contribution is 2.33. The molecule has 21 heavy (non-hydrogen) atoms. The average molecular weight is 311 g/mol. The first kappa shape index (κ1) is 13.7. The number of carbonyl (C=O) groups excluding carboxylic acids is 1. The van der Waals surface area contributed by atoms with Gasteiger partial charge in [0.2, 0.25) is 11.2 Å². The number of halogens is 2. The van der Waals surface area contributed by atoms with Crippen LogP contribution in [0.25, 0.3) is 11.1 Å². The Balaban J connectivity index is 2.13. The summed E-state index contributed by atoms with van der Waals surface area (Å²) >= 11 is -1.97. The van der Waals surface area contributed by atoms with Gasteiger partial charge in [0.15, 0.2) is 11.6 Å². The number of hydrogen-bond acceptors (Lipinski definition) is 2. The highest BCUT2D eigenvalue weighted by Gasteiger charge is 2.32. The normalized spacial score (nSPS) is 18.1. The van der Waals surface area contributed by atoms with E-state index in [0.717, 1.165) is 10.4 Å². The van der Waals surface area contributed by atoms with Crippen LogP contribution in [0.15, 0.2) is 30.6 Å². The summed E-state index contributed by atoms with van der Waals surface area (Å²) in [6.07, 6.45) is 3.42. The third kappa shape index (κ3) is 2.31. The van der Waals surface area contributed by atoms with E-state index < -0.39 is 34.4 Å². The van der Waals surface area contributed by atoms with Gasteiger partial charge in [-0.1, -0.05) is 0 Å². The van der Waals surface area contributed by atoms with E-state index in [9.17, 15) is 17.8 Å². The molecule has 1 saturated heterocycles. The van der Waals surface area contributed by atoms with Crippen LogP contribution in [-0.4, -0.2) is 21.2 Å². The quantitative estimate of drug-likeness (QED) is 0.913. The summed E-state index contributed by atoms with van der Waals surface area (Å²) in [7, 11) is 1.78. The van der Waals surface area contributed by atoms with Crippen LogP contribution < -0.4 is 9.03 Å². The number of amides is 1. The van der Waals surface area contributed by atoms with Crippen molar-refractivity contribution in [1.29, 1.82) is 0 Å². The number of nitrogens with zero attached hydrogens (tertiary/aromatic N) is 2. The van der Waals surface area contributed by atoms with E-state index in [0.29, 0.717) is 5.56 Å². The summed E-state index contributed by atoms with van der Waals surface area (Å²) < 4.78 is 45.0. The molecule has 0 spiro atoms. The van der Waals surface area contributed by atoms with Crippen molar-refractivity contribution in [1.82, 2.24) is 9.29 Å². The van der Waals surface area contributed by atoms with Crippen LogP contribution in [0.5, 0.6) is 0 Å². The number of aryl methyl sites for hydroxylation is 1. The molecule has 5 nitrogen and oxygen atoms in total. The highest BCUT2D eigenvalue weighted by atomic mass is 32.2. The first-order valence-corrected chi connectivity index (χ1v) is 7.17. The lowest BCUT2D eigenvalue weighted by molar-refractivity contribution is -0.117. The SMILES string of the molecule is Cn1ccc(-c2ccc(F)c(N3CC(=O)NS3=O)c2F)c1. The van der Waals surface area contributed by atoms with Crippen LogP contribution in [0.1, 0.15) is 0 Å². The summed E-state index contributed by atoms with van der Waals surface area (Å²) in [5.74, 6) is -2.25. The van der Waals surface area contributed by atoms with Crippen molar-refractivity contribution in [2.24, 2.45) is 7.05 Å². The largest absolute Gasteiger partial charge is 0.357 e. The van der Waals surface area contributed by atoms with Crippen LogP contribution in [0, 0.1) is 11.6 Å². The number of benzene rings is 1. The Bertz CT molecular complexity index is 760. The van der Waals surface area contributed by atoms with Gasteiger partial charge in [-0.3, -0.25) is 13.8 Å². The first-order valence-electron chi connectivity index (χ1n) is 6.06. The maximum Gasteiger partial charge on any atom is 0.253 e. The van der Waals surface area contributed by atoms with Crippen LogP contribution in [-0.2, 0) is 23.0 Å². The van der Waals surface area contributed by atoms with E-state index in [-0.39, 0.29) is 12.1 Å². The molecule has 2 heterocycles. The second-order valence-electron chi connectivity index (χ2n) is 4.63. The van der Waals surface area contributed by atoms with Crippen molar-refractivity contribution < 1.29 is 17.8 Å². The van der Waals surface area contributed by atoms with Gasteiger partial charge in [-0.15, -0.1) is 0 Å². The minimum atomic E-state index is -1.97. The van der Waals surface area contributed by atoms with E-state index in [1.165, 1.54) is 6.07 Å². The molecule has 8 heteroatoms. The van der Waals surface area contributed by atoms with Crippen molar-refractivity contribution in [3.8, 4) is 11.1 Å². The lowest BCUT2D eigenvalue weighted by atomic mass is 10.1. The van der Waals surface area contributed by atoms with Gasteiger partial charge in [-0.25, -0.2) is 13.0 Å². The Morgan fingerprint density at radius 1 is 1.29 bits per heavy atom. The van der Waals surface area contributed by atoms with E-state index >= 15 is 0 Å². The fraction of sp³-hybridized carbons (Fsp3) is 0.154. The molecule has 0 saturated carbocycles. The van der Waals surface area contributed by atoms with Gasteiger partial charge in [-0.2, -0.15) is 0 Å². The van der Waals surface area contributed by atoms with E-state index in [2.05, 4.69) is 4.72 Å². The number of aromatic nitrogens is 1. The maximum atomic E-state index is 14.6. The minimum absolute atomic E-state index is 0.184. The van der Waals surface area contributed by atoms with Gasteiger partial charge < -0.3 is 4.57 Å². The molecule has 1 aromatic carbocycles. The zero-order valence-corrected chi connectivity index (χ0v) is 11.8. The molecule has 1 aliphatic rings. The predicted molar refractivity (Wildman–Crippen MR) is 74.4 cm³/mol. The molecule has 1 fully saturated rings. The van der Waals surface area contributed by atoms with Crippen molar-refractivity contribution in [2.45, 2.75) is 0 Å². The first-order chi connectivity index (χ1) is 9.97. The Labute approximate surface area is 121 Å². The van der Waals surface area contributed by atoms with Crippen molar-refractivity contribution in [2.75, 3.05) is 10.8 Å². The molecule has 0 radical (unpaired) electrons. The molecule has 0 aliphatic carbocycles. The maximum absolute atomic E-state index is 14.6. The third-order valence-corrected chi connectivity index (χ3v) is 4.26. The summed E-state index contributed by atoms with van der Waals surface area (Å²) in [6, 6.07) is 4.10. The number of anilines is 1. The third-order valence-electron chi connectivity index (χ3n) is 3.15. The lowest BCUT2D eigenvalue weighted by Gasteiger charge is -2.17. The molecule has 1 atom stereocenters. The molecule has 1 aliphatic heterocycles. The Morgan fingerprint density at radius 3 is 2.62 bits per heavy atom. The summed E-state index contributed by atoms with van der Waals surface area (Å²) in [5, 5.41) is 0. The second-order valence-corrected chi connectivity index (χ2v) is 5.78. The van der Waals surface area contributed by atoms with E-state index in [1.807, 2.05) is 0 Å². The second kappa shape index (κ2) is 4.96. The van der Waals surface area contributed by atoms with Crippen molar-refractivity contribution in [3.63, 3.8) is 0 Å². The summed E-state index contributed by atoms with van der Waals surface area (Å²) in [6.45, 7) is -0.349. The van der Waals surface area contributed by atoms with Gasteiger partial charge in [0.1, 0.15) is 12.2 Å². The number of carbonyl (C=O) groups is 1. The van der Waals surface area contributed by atoms with Crippen molar-refractivity contribution >= 4 is 22.8 Å². The Morgan fingerprint density at radius 2 is 2.05 bits per heavy atom. The van der Waals surface area contributed by atoms with Crippen LogP contribution in [0.2, 0.25) is 0 Å². The average Bonchev–Trinajstić information content (AvgIpc) is 2.96. The van der Waals surface area contributed by atoms with Crippen LogP contribution in [0.4, 0.5) is 14.5 Å². The van der Waals surface area contributed by atoms with E-state index in [4.69, 9.17) is 0 Å². The van der Waals surface area contributed by atoms with Crippen LogP contribution in [0.3, 0.4) is 0 Å². The standard InChI is InChI=1S/C13H11F2N3O2S/c1-17-5-4-8(6-17)9-2-3-10(14)13(12(9)15)18-7-11(19)16-21(18)20/h2-6H,7H2,1H3,(H,16,19). The van der Waals surface area contributed by atoms with Gasteiger partial charge >= 0.3 is 0 Å².